The Hall–Kier alpha value is -1.12. The molecule has 1 nitrogen and oxygen atoms in total. The molecule has 3 rings (SSSR count). The van der Waals surface area contributed by atoms with Gasteiger partial charge in [-0.25, -0.2) is 0 Å². The van der Waals surface area contributed by atoms with Crippen LogP contribution >= 0.6 is 11.3 Å². The van der Waals surface area contributed by atoms with Gasteiger partial charge in [0.05, 0.1) is 0 Å². The second-order valence-electron chi connectivity index (χ2n) is 4.76. The van der Waals surface area contributed by atoms with Gasteiger partial charge in [0.2, 0.25) is 0 Å². The number of rotatable bonds is 2. The van der Waals surface area contributed by atoms with E-state index in [2.05, 4.69) is 25.1 Å². The average Bonchev–Trinajstić information content (AvgIpc) is 2.89. The van der Waals surface area contributed by atoms with Crippen LogP contribution in [0.25, 0.3) is 0 Å². The van der Waals surface area contributed by atoms with E-state index in [1.165, 1.54) is 35.3 Å². The van der Waals surface area contributed by atoms with Gasteiger partial charge in [0.15, 0.2) is 0 Å². The molecule has 0 bridgehead atoms. The second-order valence-corrected chi connectivity index (χ2v) is 5.93. The molecule has 0 fully saturated rings. The third-order valence-corrected chi connectivity index (χ3v) is 4.72. The van der Waals surface area contributed by atoms with E-state index in [-0.39, 0.29) is 0 Å². The molecule has 88 valence electrons. The van der Waals surface area contributed by atoms with Crippen molar-refractivity contribution in [2.24, 2.45) is 0 Å². The van der Waals surface area contributed by atoms with Gasteiger partial charge in [0.1, 0.15) is 6.10 Å². The molecule has 0 radical (unpaired) electrons. The summed E-state index contributed by atoms with van der Waals surface area (Å²) in [6.45, 7) is 2.07. The van der Waals surface area contributed by atoms with Gasteiger partial charge in [-0.05, 0) is 43.4 Å². The Morgan fingerprint density at radius 1 is 1.18 bits per heavy atom. The number of aryl methyl sites for hydroxylation is 3. The summed E-state index contributed by atoms with van der Waals surface area (Å²) in [7, 11) is 0. The molecule has 17 heavy (non-hydrogen) atoms. The van der Waals surface area contributed by atoms with Crippen molar-refractivity contribution in [1.82, 2.24) is 0 Å². The van der Waals surface area contributed by atoms with Crippen LogP contribution < -0.4 is 0 Å². The lowest BCUT2D eigenvalue weighted by molar-refractivity contribution is 0.224. The smallest absolute Gasteiger partial charge is 0.113 e. The first-order valence-electron chi connectivity index (χ1n) is 6.10. The molecule has 1 aliphatic carbocycles. The number of aliphatic hydroxyl groups is 1. The van der Waals surface area contributed by atoms with Crippen LogP contribution in [0.3, 0.4) is 0 Å². The zero-order valence-electron chi connectivity index (χ0n) is 9.94. The molecule has 1 aromatic carbocycles. The predicted molar refractivity (Wildman–Crippen MR) is 71.6 cm³/mol. The normalized spacial score (nSPS) is 15.9. The summed E-state index contributed by atoms with van der Waals surface area (Å²) < 4.78 is 0. The first kappa shape index (κ1) is 11.0. The highest BCUT2D eigenvalue weighted by Gasteiger charge is 2.19. The molecule has 2 aromatic rings. The van der Waals surface area contributed by atoms with Gasteiger partial charge in [-0.15, -0.1) is 11.3 Å². The fourth-order valence-electron chi connectivity index (χ4n) is 2.40. The van der Waals surface area contributed by atoms with Crippen LogP contribution in [0.2, 0.25) is 0 Å². The van der Waals surface area contributed by atoms with Crippen molar-refractivity contribution in [2.45, 2.75) is 32.3 Å². The fraction of sp³-hybridized carbons (Fsp3) is 0.333. The minimum Gasteiger partial charge on any atom is -0.383 e. The SMILES string of the molecule is Cc1ccc(C(O)c2cc3c(s2)CCC3)cc1. The highest BCUT2D eigenvalue weighted by molar-refractivity contribution is 7.12. The maximum atomic E-state index is 10.4. The highest BCUT2D eigenvalue weighted by Crippen LogP contribution is 2.35. The topological polar surface area (TPSA) is 20.2 Å². The Morgan fingerprint density at radius 2 is 1.94 bits per heavy atom. The van der Waals surface area contributed by atoms with Gasteiger partial charge < -0.3 is 5.11 Å². The number of benzene rings is 1. The Labute approximate surface area is 106 Å². The monoisotopic (exact) mass is 244 g/mol. The summed E-state index contributed by atoms with van der Waals surface area (Å²) in [4.78, 5) is 2.57. The van der Waals surface area contributed by atoms with E-state index in [1.807, 2.05) is 12.1 Å². The van der Waals surface area contributed by atoms with Crippen LogP contribution in [-0.4, -0.2) is 5.11 Å². The van der Waals surface area contributed by atoms with Crippen molar-refractivity contribution in [3.8, 4) is 0 Å². The number of aliphatic hydroxyl groups excluding tert-OH is 1. The summed E-state index contributed by atoms with van der Waals surface area (Å²) in [5, 5.41) is 10.4. The Balaban J connectivity index is 1.90. The summed E-state index contributed by atoms with van der Waals surface area (Å²) in [6.07, 6.45) is 3.21. The Kier molecular flexibility index (Phi) is 2.77. The van der Waals surface area contributed by atoms with Crippen molar-refractivity contribution in [2.75, 3.05) is 0 Å². The lowest BCUT2D eigenvalue weighted by Crippen LogP contribution is -1.96. The van der Waals surface area contributed by atoms with Crippen LogP contribution in [0.5, 0.6) is 0 Å². The highest BCUT2D eigenvalue weighted by atomic mass is 32.1. The molecule has 1 aliphatic rings. The van der Waals surface area contributed by atoms with Crippen LogP contribution in [0.1, 0.15) is 39.0 Å². The molecule has 1 N–H and O–H groups in total. The molecule has 0 aliphatic heterocycles. The molecule has 1 atom stereocenters. The molecule has 0 amide bonds. The summed E-state index contributed by atoms with van der Waals surface area (Å²) >= 11 is 1.78. The van der Waals surface area contributed by atoms with E-state index in [0.29, 0.717) is 0 Å². The number of fused-ring (bicyclic) bond motifs is 1. The van der Waals surface area contributed by atoms with Crippen LogP contribution in [0.4, 0.5) is 0 Å². The van der Waals surface area contributed by atoms with E-state index < -0.39 is 6.10 Å². The number of hydrogen-bond donors (Lipinski definition) is 1. The van der Waals surface area contributed by atoms with Crippen molar-refractivity contribution >= 4 is 11.3 Å². The second kappa shape index (κ2) is 4.28. The lowest BCUT2D eigenvalue weighted by atomic mass is 10.1. The van der Waals surface area contributed by atoms with E-state index in [4.69, 9.17) is 0 Å². The molecule has 1 unspecified atom stereocenters. The third-order valence-electron chi connectivity index (χ3n) is 3.43. The van der Waals surface area contributed by atoms with E-state index >= 15 is 0 Å². The minimum atomic E-state index is -0.453. The molecule has 1 aromatic heterocycles. The van der Waals surface area contributed by atoms with Crippen molar-refractivity contribution in [1.29, 1.82) is 0 Å². The van der Waals surface area contributed by atoms with E-state index in [1.54, 1.807) is 11.3 Å². The van der Waals surface area contributed by atoms with Gasteiger partial charge in [0.25, 0.3) is 0 Å². The number of thiophene rings is 1. The maximum absolute atomic E-state index is 10.4. The Bertz CT molecular complexity index is 503. The van der Waals surface area contributed by atoms with Crippen LogP contribution in [0, 0.1) is 6.92 Å². The predicted octanol–water partition coefficient (Wildman–Crippen LogP) is 3.63. The van der Waals surface area contributed by atoms with Crippen LogP contribution in [-0.2, 0) is 12.8 Å². The molecule has 0 spiro atoms. The van der Waals surface area contributed by atoms with Crippen molar-refractivity contribution in [3.63, 3.8) is 0 Å². The zero-order valence-corrected chi connectivity index (χ0v) is 10.8. The summed E-state index contributed by atoms with van der Waals surface area (Å²) in [5.74, 6) is 0. The quantitative estimate of drug-likeness (QED) is 0.855. The van der Waals surface area contributed by atoms with Gasteiger partial charge in [-0.3, -0.25) is 0 Å². The zero-order chi connectivity index (χ0) is 11.8. The third kappa shape index (κ3) is 2.03. The van der Waals surface area contributed by atoms with Crippen molar-refractivity contribution < 1.29 is 5.11 Å². The molecular formula is C15H16OS. The van der Waals surface area contributed by atoms with Gasteiger partial charge in [-0.2, -0.15) is 0 Å². The lowest BCUT2D eigenvalue weighted by Gasteiger charge is -2.09. The fourth-order valence-corrected chi connectivity index (χ4v) is 3.67. The van der Waals surface area contributed by atoms with Gasteiger partial charge >= 0.3 is 0 Å². The molecule has 0 saturated carbocycles. The van der Waals surface area contributed by atoms with E-state index in [9.17, 15) is 5.11 Å². The standard InChI is InChI=1S/C15H16OS/c1-10-5-7-11(8-6-10)15(16)14-9-12-3-2-4-13(12)17-14/h5-9,15-16H,2-4H2,1H3. The molecule has 2 heteroatoms. The number of hydrogen-bond acceptors (Lipinski definition) is 2. The van der Waals surface area contributed by atoms with E-state index in [0.717, 1.165) is 10.4 Å². The first-order chi connectivity index (χ1) is 8.24. The molecule has 0 saturated heterocycles. The maximum Gasteiger partial charge on any atom is 0.113 e. The molecular weight excluding hydrogens is 228 g/mol. The first-order valence-corrected chi connectivity index (χ1v) is 6.92. The Morgan fingerprint density at radius 3 is 2.65 bits per heavy atom. The van der Waals surface area contributed by atoms with Gasteiger partial charge in [0, 0.05) is 9.75 Å². The van der Waals surface area contributed by atoms with Gasteiger partial charge in [-0.1, -0.05) is 29.8 Å². The minimum absolute atomic E-state index is 0.453. The average molecular weight is 244 g/mol. The van der Waals surface area contributed by atoms with Crippen LogP contribution in [0.15, 0.2) is 30.3 Å². The summed E-state index contributed by atoms with van der Waals surface area (Å²) in [5.41, 5.74) is 3.68. The largest absolute Gasteiger partial charge is 0.383 e. The van der Waals surface area contributed by atoms with Crippen molar-refractivity contribution in [3.05, 3.63) is 56.8 Å². The summed E-state index contributed by atoms with van der Waals surface area (Å²) in [6, 6.07) is 10.3. The molecule has 1 heterocycles.